The fourth-order valence-corrected chi connectivity index (χ4v) is 8.03. The lowest BCUT2D eigenvalue weighted by atomic mass is 10.0. The lowest BCUT2D eigenvalue weighted by molar-refractivity contribution is -0.145. The predicted octanol–water partition coefficient (Wildman–Crippen LogP) is 6.11. The summed E-state index contributed by atoms with van der Waals surface area (Å²) in [6.45, 7) is 5.21. The first-order valence-corrected chi connectivity index (χ1v) is 15.8. The number of benzene rings is 3. The summed E-state index contributed by atoms with van der Waals surface area (Å²) in [6.07, 6.45) is 0.129. The van der Waals surface area contributed by atoms with Gasteiger partial charge >= 0.3 is 11.9 Å². The van der Waals surface area contributed by atoms with Crippen LogP contribution in [-0.2, 0) is 37.3 Å². The molecule has 0 N–H and O–H groups in total. The lowest BCUT2D eigenvalue weighted by Crippen LogP contribution is -2.46. The standard InChI is InChI=1S/C33H35NO7S2/c1-21-18-28(39-4)22(2)23(3)31(21)43(37,38)34(27(32(35)40-5)19-24-10-8-7-9-11-24)20-25-12-14-26(15-13-25)29-16-17-30(42-29)33(36)41-6/h7-18,27H,19-20H2,1-6H3/t27-/m0/s1. The highest BCUT2D eigenvalue weighted by Crippen LogP contribution is 2.35. The third-order valence-electron chi connectivity index (χ3n) is 7.43. The second kappa shape index (κ2) is 13.5. The average Bonchev–Trinajstić information content (AvgIpc) is 3.51. The van der Waals surface area contributed by atoms with Crippen molar-refractivity contribution in [2.24, 2.45) is 0 Å². The topological polar surface area (TPSA) is 99.2 Å². The maximum absolute atomic E-state index is 14.6. The summed E-state index contributed by atoms with van der Waals surface area (Å²) in [7, 11) is -0.0790. The largest absolute Gasteiger partial charge is 0.496 e. The predicted molar refractivity (Wildman–Crippen MR) is 167 cm³/mol. The number of hydrogen-bond donors (Lipinski definition) is 0. The SMILES string of the molecule is COC(=O)c1ccc(-c2ccc(CN([C@@H](Cc3ccccc3)C(=O)OC)S(=O)(=O)c3c(C)cc(OC)c(C)c3C)cc2)s1. The van der Waals surface area contributed by atoms with Crippen LogP contribution in [0.1, 0.15) is 37.5 Å². The molecule has 0 saturated heterocycles. The molecule has 0 spiro atoms. The Bertz CT molecular complexity index is 1710. The van der Waals surface area contributed by atoms with Crippen molar-refractivity contribution in [1.82, 2.24) is 4.31 Å². The van der Waals surface area contributed by atoms with Crippen molar-refractivity contribution in [3.8, 4) is 16.2 Å². The Kier molecular flexibility index (Phi) is 10.1. The highest BCUT2D eigenvalue weighted by atomic mass is 32.2. The van der Waals surface area contributed by atoms with Crippen molar-refractivity contribution >= 4 is 33.3 Å². The number of carbonyl (C=O) groups excluding carboxylic acids is 2. The molecule has 10 heteroatoms. The molecule has 0 aliphatic rings. The van der Waals surface area contributed by atoms with Gasteiger partial charge < -0.3 is 14.2 Å². The molecule has 4 aromatic rings. The lowest BCUT2D eigenvalue weighted by Gasteiger charge is -2.31. The molecule has 1 aromatic heterocycles. The first-order valence-electron chi connectivity index (χ1n) is 13.6. The third kappa shape index (κ3) is 6.82. The Hall–Kier alpha value is -3.99. The number of carbonyl (C=O) groups is 2. The van der Waals surface area contributed by atoms with E-state index in [-0.39, 0.29) is 17.9 Å². The molecule has 226 valence electrons. The molecule has 0 aliphatic heterocycles. The van der Waals surface area contributed by atoms with E-state index in [1.54, 1.807) is 33.1 Å². The van der Waals surface area contributed by atoms with E-state index < -0.39 is 28.0 Å². The van der Waals surface area contributed by atoms with Gasteiger partial charge in [-0.15, -0.1) is 11.3 Å². The van der Waals surface area contributed by atoms with Gasteiger partial charge in [-0.3, -0.25) is 4.79 Å². The van der Waals surface area contributed by atoms with Gasteiger partial charge in [0.25, 0.3) is 0 Å². The number of sulfonamides is 1. The molecular formula is C33H35NO7S2. The molecule has 43 heavy (non-hydrogen) atoms. The van der Waals surface area contributed by atoms with Gasteiger partial charge in [-0.25, -0.2) is 13.2 Å². The summed E-state index contributed by atoms with van der Waals surface area (Å²) in [6, 6.07) is 20.8. The van der Waals surface area contributed by atoms with Crippen molar-refractivity contribution in [3.63, 3.8) is 0 Å². The van der Waals surface area contributed by atoms with E-state index in [0.29, 0.717) is 32.9 Å². The van der Waals surface area contributed by atoms with E-state index in [2.05, 4.69) is 0 Å². The fourth-order valence-electron chi connectivity index (χ4n) is 5.04. The average molecular weight is 622 g/mol. The van der Waals surface area contributed by atoms with Crippen molar-refractivity contribution in [1.29, 1.82) is 0 Å². The molecule has 3 aromatic carbocycles. The van der Waals surface area contributed by atoms with Gasteiger partial charge in [0.15, 0.2) is 0 Å². The summed E-state index contributed by atoms with van der Waals surface area (Å²) in [5, 5.41) is 0. The van der Waals surface area contributed by atoms with Gasteiger partial charge in [0.1, 0.15) is 16.7 Å². The van der Waals surface area contributed by atoms with Crippen molar-refractivity contribution in [3.05, 3.63) is 105 Å². The minimum absolute atomic E-state index is 0.0724. The Morgan fingerprint density at radius 1 is 0.837 bits per heavy atom. The van der Waals surface area contributed by atoms with Gasteiger partial charge in [0.2, 0.25) is 10.0 Å². The van der Waals surface area contributed by atoms with Crippen LogP contribution in [0.25, 0.3) is 10.4 Å². The van der Waals surface area contributed by atoms with Crippen LogP contribution in [0.15, 0.2) is 77.7 Å². The molecular weight excluding hydrogens is 586 g/mol. The highest BCUT2D eigenvalue weighted by Gasteiger charge is 2.39. The van der Waals surface area contributed by atoms with E-state index in [1.807, 2.05) is 67.6 Å². The van der Waals surface area contributed by atoms with Crippen LogP contribution in [0.3, 0.4) is 0 Å². The summed E-state index contributed by atoms with van der Waals surface area (Å²) in [5.41, 5.74) is 4.12. The first-order chi connectivity index (χ1) is 20.5. The molecule has 8 nitrogen and oxygen atoms in total. The third-order valence-corrected chi connectivity index (χ3v) is 10.7. The Morgan fingerprint density at radius 3 is 2.12 bits per heavy atom. The monoisotopic (exact) mass is 621 g/mol. The maximum atomic E-state index is 14.6. The van der Waals surface area contributed by atoms with Crippen molar-refractivity contribution < 1.29 is 32.2 Å². The van der Waals surface area contributed by atoms with Crippen LogP contribution in [0.4, 0.5) is 0 Å². The minimum Gasteiger partial charge on any atom is -0.496 e. The summed E-state index contributed by atoms with van der Waals surface area (Å²) < 4.78 is 45.9. The number of aryl methyl sites for hydroxylation is 1. The molecule has 0 unspecified atom stereocenters. The Labute approximate surface area is 256 Å². The van der Waals surface area contributed by atoms with Crippen LogP contribution in [0.5, 0.6) is 5.75 Å². The number of methoxy groups -OCH3 is 3. The summed E-state index contributed by atoms with van der Waals surface area (Å²) in [4.78, 5) is 26.7. The van der Waals surface area contributed by atoms with Crippen LogP contribution < -0.4 is 4.74 Å². The van der Waals surface area contributed by atoms with E-state index in [1.165, 1.54) is 29.9 Å². The Morgan fingerprint density at radius 2 is 1.51 bits per heavy atom. The molecule has 0 fully saturated rings. The first kappa shape index (κ1) is 31.9. The van der Waals surface area contributed by atoms with E-state index in [0.717, 1.165) is 16.0 Å². The van der Waals surface area contributed by atoms with Gasteiger partial charge in [-0.2, -0.15) is 4.31 Å². The van der Waals surface area contributed by atoms with Crippen LogP contribution in [0.2, 0.25) is 0 Å². The van der Waals surface area contributed by atoms with Crippen LogP contribution in [-0.4, -0.2) is 52.0 Å². The number of hydrogen-bond acceptors (Lipinski definition) is 8. The zero-order valence-corrected chi connectivity index (χ0v) is 26.7. The quantitative estimate of drug-likeness (QED) is 0.186. The van der Waals surface area contributed by atoms with Crippen LogP contribution >= 0.6 is 11.3 Å². The second-order valence-corrected chi connectivity index (χ2v) is 13.0. The number of ether oxygens (including phenoxy) is 3. The molecule has 1 heterocycles. The molecule has 0 bridgehead atoms. The number of rotatable bonds is 11. The smallest absolute Gasteiger partial charge is 0.348 e. The van der Waals surface area contributed by atoms with E-state index in [9.17, 15) is 18.0 Å². The minimum atomic E-state index is -4.23. The zero-order valence-electron chi connectivity index (χ0n) is 25.0. The molecule has 0 aliphatic carbocycles. The van der Waals surface area contributed by atoms with E-state index >= 15 is 0 Å². The molecule has 1 atom stereocenters. The number of nitrogens with zero attached hydrogens (tertiary/aromatic N) is 1. The summed E-state index contributed by atoms with van der Waals surface area (Å²) in [5.74, 6) is -0.465. The Balaban J connectivity index is 1.80. The normalized spacial score (nSPS) is 12.2. The van der Waals surface area contributed by atoms with Crippen molar-refractivity contribution in [2.45, 2.75) is 44.7 Å². The van der Waals surface area contributed by atoms with Gasteiger partial charge in [0.05, 0.1) is 26.2 Å². The molecule has 4 rings (SSSR count). The molecule has 0 radical (unpaired) electrons. The zero-order chi connectivity index (χ0) is 31.3. The molecule has 0 saturated carbocycles. The number of thiophene rings is 1. The van der Waals surface area contributed by atoms with Crippen LogP contribution in [0, 0.1) is 20.8 Å². The van der Waals surface area contributed by atoms with E-state index in [4.69, 9.17) is 14.2 Å². The highest BCUT2D eigenvalue weighted by molar-refractivity contribution is 7.89. The fraction of sp³-hybridized carbons (Fsp3) is 0.273. The maximum Gasteiger partial charge on any atom is 0.348 e. The second-order valence-electron chi connectivity index (χ2n) is 10.1. The van der Waals surface area contributed by atoms with Gasteiger partial charge in [-0.1, -0.05) is 54.6 Å². The van der Waals surface area contributed by atoms with Gasteiger partial charge in [-0.05, 0) is 78.8 Å². The number of esters is 2. The molecule has 0 amide bonds. The summed E-state index contributed by atoms with van der Waals surface area (Å²) >= 11 is 1.31. The van der Waals surface area contributed by atoms with Crippen molar-refractivity contribution in [2.75, 3.05) is 21.3 Å². The van der Waals surface area contributed by atoms with Gasteiger partial charge in [0, 0.05) is 11.4 Å².